The van der Waals surface area contributed by atoms with Crippen LogP contribution in [0.5, 0.6) is 5.75 Å². The lowest BCUT2D eigenvalue weighted by Gasteiger charge is -2.14. The maximum atomic E-state index is 12.3. The molecular formula is C22H25N5O3S. The molecule has 1 atom stereocenters. The van der Waals surface area contributed by atoms with Crippen molar-refractivity contribution in [1.82, 2.24) is 14.8 Å². The molecule has 3 N–H and O–H groups in total. The Morgan fingerprint density at radius 3 is 2.55 bits per heavy atom. The number of benzene rings is 2. The second-order valence-electron chi connectivity index (χ2n) is 6.90. The highest BCUT2D eigenvalue weighted by atomic mass is 32.2. The van der Waals surface area contributed by atoms with Crippen molar-refractivity contribution in [3.05, 3.63) is 65.5 Å². The summed E-state index contributed by atoms with van der Waals surface area (Å²) in [6.07, 6.45) is 0.664. The van der Waals surface area contributed by atoms with Crippen LogP contribution < -0.4 is 15.8 Å². The monoisotopic (exact) mass is 439 g/mol. The van der Waals surface area contributed by atoms with Gasteiger partial charge in [-0.25, -0.2) is 0 Å². The Bertz CT molecular complexity index is 1070. The highest BCUT2D eigenvalue weighted by molar-refractivity contribution is 7.99. The van der Waals surface area contributed by atoms with E-state index in [9.17, 15) is 9.59 Å². The Morgan fingerprint density at radius 2 is 1.87 bits per heavy atom. The summed E-state index contributed by atoms with van der Waals surface area (Å²) in [6, 6.07) is 14.6. The number of nitrogens with one attached hydrogen (secondary N) is 1. The fourth-order valence-electron chi connectivity index (χ4n) is 2.99. The smallest absolute Gasteiger partial charge is 0.250 e. The predicted molar refractivity (Wildman–Crippen MR) is 120 cm³/mol. The molecule has 0 spiro atoms. The molecule has 2 aromatic carbocycles. The van der Waals surface area contributed by atoms with Gasteiger partial charge in [0, 0.05) is 7.05 Å². The molecule has 3 aromatic rings. The molecule has 8 nitrogen and oxygen atoms in total. The number of carbonyl (C=O) groups excluding carboxylic acids is 2. The van der Waals surface area contributed by atoms with Crippen LogP contribution in [0, 0.1) is 0 Å². The molecule has 3 rings (SSSR count). The average molecular weight is 440 g/mol. The van der Waals surface area contributed by atoms with Gasteiger partial charge in [0.2, 0.25) is 5.91 Å². The van der Waals surface area contributed by atoms with Gasteiger partial charge in [-0.05, 0) is 43.2 Å². The zero-order valence-electron chi connectivity index (χ0n) is 17.7. The van der Waals surface area contributed by atoms with Crippen molar-refractivity contribution in [2.75, 3.05) is 11.1 Å². The molecule has 1 unspecified atom stereocenters. The summed E-state index contributed by atoms with van der Waals surface area (Å²) in [6.45, 7) is 4.01. The third-order valence-electron chi connectivity index (χ3n) is 4.68. The summed E-state index contributed by atoms with van der Waals surface area (Å²) < 4.78 is 7.78. The van der Waals surface area contributed by atoms with E-state index in [1.807, 2.05) is 38.2 Å². The maximum Gasteiger partial charge on any atom is 0.250 e. The molecule has 0 fully saturated rings. The average Bonchev–Trinajstić information content (AvgIpc) is 3.13. The molecule has 0 saturated heterocycles. The summed E-state index contributed by atoms with van der Waals surface area (Å²) >= 11 is 1.24. The van der Waals surface area contributed by atoms with Crippen molar-refractivity contribution in [3.8, 4) is 5.75 Å². The fraction of sp³-hybridized carbons (Fsp3) is 0.273. The van der Waals surface area contributed by atoms with E-state index in [4.69, 9.17) is 10.5 Å². The first-order valence-electron chi connectivity index (χ1n) is 9.85. The van der Waals surface area contributed by atoms with Gasteiger partial charge < -0.3 is 20.4 Å². The second-order valence-corrected chi connectivity index (χ2v) is 7.85. The molecule has 162 valence electrons. The summed E-state index contributed by atoms with van der Waals surface area (Å²) in [5, 5.41) is 11.7. The van der Waals surface area contributed by atoms with Gasteiger partial charge in [0.15, 0.2) is 17.1 Å². The predicted octanol–water partition coefficient (Wildman–Crippen LogP) is 3.35. The van der Waals surface area contributed by atoms with E-state index < -0.39 is 5.91 Å². The molecule has 31 heavy (non-hydrogen) atoms. The van der Waals surface area contributed by atoms with Gasteiger partial charge in [-0.15, -0.1) is 10.2 Å². The van der Waals surface area contributed by atoms with Gasteiger partial charge in [-0.3, -0.25) is 9.59 Å². The number of amides is 2. The van der Waals surface area contributed by atoms with Gasteiger partial charge >= 0.3 is 0 Å². The van der Waals surface area contributed by atoms with Crippen LogP contribution >= 0.6 is 11.8 Å². The number of aromatic nitrogens is 3. The van der Waals surface area contributed by atoms with E-state index in [2.05, 4.69) is 22.4 Å². The summed E-state index contributed by atoms with van der Waals surface area (Å²) in [4.78, 5) is 23.8. The van der Waals surface area contributed by atoms with Gasteiger partial charge in [-0.1, -0.05) is 43.0 Å². The highest BCUT2D eigenvalue weighted by Crippen LogP contribution is 2.24. The zero-order valence-corrected chi connectivity index (χ0v) is 18.5. The largest absolute Gasteiger partial charge is 0.483 e. The number of anilines is 1. The number of rotatable bonds is 9. The number of hydrogen-bond donors (Lipinski definition) is 2. The molecule has 0 aliphatic carbocycles. The van der Waals surface area contributed by atoms with Crippen molar-refractivity contribution >= 4 is 29.3 Å². The van der Waals surface area contributed by atoms with Crippen LogP contribution in [0.25, 0.3) is 0 Å². The SMILES string of the molecule is CCc1ccc(OC(C)c2nnc(SCC(=O)Nc3ccccc3C(N)=O)n2C)cc1. The van der Waals surface area contributed by atoms with Gasteiger partial charge in [0.05, 0.1) is 17.0 Å². The van der Waals surface area contributed by atoms with Crippen molar-refractivity contribution < 1.29 is 14.3 Å². The Balaban J connectivity index is 1.59. The number of thioether (sulfide) groups is 1. The number of nitrogens with zero attached hydrogens (tertiary/aromatic N) is 3. The topological polar surface area (TPSA) is 112 Å². The number of aryl methyl sites for hydroxylation is 1. The van der Waals surface area contributed by atoms with E-state index in [1.54, 1.807) is 28.8 Å². The number of primary amides is 1. The molecule has 0 aliphatic rings. The van der Waals surface area contributed by atoms with Crippen molar-refractivity contribution in [3.63, 3.8) is 0 Å². The molecule has 0 saturated carbocycles. The number of carbonyl (C=O) groups is 2. The molecule has 0 bridgehead atoms. The normalized spacial score (nSPS) is 11.7. The van der Waals surface area contributed by atoms with Gasteiger partial charge in [0.1, 0.15) is 5.75 Å². The first kappa shape index (κ1) is 22.4. The van der Waals surface area contributed by atoms with E-state index in [1.165, 1.54) is 17.3 Å². The van der Waals surface area contributed by atoms with Crippen LogP contribution in [0.2, 0.25) is 0 Å². The quantitative estimate of drug-likeness (QED) is 0.495. The minimum absolute atomic E-state index is 0.104. The molecule has 0 aliphatic heterocycles. The van der Waals surface area contributed by atoms with Crippen LogP contribution in [0.15, 0.2) is 53.7 Å². The Morgan fingerprint density at radius 1 is 1.16 bits per heavy atom. The van der Waals surface area contributed by atoms with Crippen LogP contribution in [-0.4, -0.2) is 32.3 Å². The number of hydrogen-bond acceptors (Lipinski definition) is 6. The fourth-order valence-corrected chi connectivity index (χ4v) is 3.71. The Kier molecular flexibility index (Phi) is 7.30. The maximum absolute atomic E-state index is 12.3. The number of para-hydroxylation sites is 1. The van der Waals surface area contributed by atoms with Crippen molar-refractivity contribution in [2.24, 2.45) is 12.8 Å². The first-order chi connectivity index (χ1) is 14.9. The Hall–Kier alpha value is -3.33. The van der Waals surface area contributed by atoms with Crippen LogP contribution in [-0.2, 0) is 18.3 Å². The summed E-state index contributed by atoms with van der Waals surface area (Å²) in [7, 11) is 1.83. The van der Waals surface area contributed by atoms with E-state index in [0.29, 0.717) is 16.7 Å². The summed E-state index contributed by atoms with van der Waals surface area (Å²) in [5.41, 5.74) is 7.24. The van der Waals surface area contributed by atoms with Crippen LogP contribution in [0.4, 0.5) is 5.69 Å². The lowest BCUT2D eigenvalue weighted by Crippen LogP contribution is -2.19. The number of ether oxygens (including phenoxy) is 1. The molecule has 1 heterocycles. The lowest BCUT2D eigenvalue weighted by atomic mass is 10.1. The lowest BCUT2D eigenvalue weighted by molar-refractivity contribution is -0.113. The van der Waals surface area contributed by atoms with Crippen molar-refractivity contribution in [2.45, 2.75) is 31.5 Å². The molecule has 0 radical (unpaired) electrons. The number of nitrogens with two attached hydrogens (primary N) is 1. The van der Waals surface area contributed by atoms with Crippen LogP contribution in [0.3, 0.4) is 0 Å². The van der Waals surface area contributed by atoms with Gasteiger partial charge in [0.25, 0.3) is 5.91 Å². The van der Waals surface area contributed by atoms with Crippen LogP contribution in [0.1, 0.15) is 41.7 Å². The molecule has 1 aromatic heterocycles. The minimum Gasteiger partial charge on any atom is -0.483 e. The van der Waals surface area contributed by atoms with E-state index in [0.717, 1.165) is 12.2 Å². The first-order valence-corrected chi connectivity index (χ1v) is 10.8. The highest BCUT2D eigenvalue weighted by Gasteiger charge is 2.18. The van der Waals surface area contributed by atoms with E-state index in [-0.39, 0.29) is 23.3 Å². The Labute approximate surface area is 185 Å². The molecule has 2 amide bonds. The molecular weight excluding hydrogens is 414 g/mol. The minimum atomic E-state index is -0.597. The third-order valence-corrected chi connectivity index (χ3v) is 5.70. The third kappa shape index (κ3) is 5.64. The van der Waals surface area contributed by atoms with Crippen molar-refractivity contribution in [1.29, 1.82) is 0 Å². The zero-order chi connectivity index (χ0) is 22.4. The summed E-state index contributed by atoms with van der Waals surface area (Å²) in [5.74, 6) is 0.645. The van der Waals surface area contributed by atoms with E-state index >= 15 is 0 Å². The molecule has 9 heteroatoms. The second kappa shape index (κ2) is 10.1. The standard InChI is InChI=1S/C22H25N5O3S/c1-4-15-9-11-16(12-10-15)30-14(2)21-25-26-22(27(21)3)31-13-19(28)24-18-8-6-5-7-17(18)20(23)29/h5-12,14H,4,13H2,1-3H3,(H2,23,29)(H,24,28). The van der Waals surface area contributed by atoms with Gasteiger partial charge in [-0.2, -0.15) is 0 Å².